The van der Waals surface area contributed by atoms with Crippen LogP contribution in [0.25, 0.3) is 0 Å². The highest BCUT2D eigenvalue weighted by atomic mass is 16.5. The summed E-state index contributed by atoms with van der Waals surface area (Å²) in [5.74, 6) is 0.512. The van der Waals surface area contributed by atoms with Gasteiger partial charge in [-0.05, 0) is 24.3 Å². The Kier molecular flexibility index (Phi) is 4.12. The fourth-order valence-corrected chi connectivity index (χ4v) is 1.63. The van der Waals surface area contributed by atoms with Crippen LogP contribution in [0, 0.1) is 5.92 Å². The molecule has 0 saturated heterocycles. The molecule has 1 aromatic heterocycles. The lowest BCUT2D eigenvalue weighted by Gasteiger charge is -2.12. The zero-order chi connectivity index (χ0) is 13.7. The van der Waals surface area contributed by atoms with Gasteiger partial charge in [0, 0.05) is 5.69 Å². The number of carbonyl (C=O) groups is 1. The zero-order valence-electron chi connectivity index (χ0n) is 10.9. The first-order chi connectivity index (χ1) is 9.19. The van der Waals surface area contributed by atoms with Crippen LogP contribution in [0.2, 0.25) is 0 Å². The number of ether oxygens (including phenoxy) is 1. The van der Waals surface area contributed by atoms with Gasteiger partial charge in [0.25, 0.3) is 0 Å². The van der Waals surface area contributed by atoms with Crippen molar-refractivity contribution in [3.05, 3.63) is 36.9 Å². The Morgan fingerprint density at radius 3 is 2.74 bits per heavy atom. The fraction of sp³-hybridized carbons (Fsp3) is 0.308. The van der Waals surface area contributed by atoms with E-state index in [0.717, 1.165) is 11.4 Å². The van der Waals surface area contributed by atoms with Gasteiger partial charge in [-0.1, -0.05) is 6.92 Å². The maximum Gasteiger partial charge on any atom is 0.229 e. The molecular formula is C13H16N4O2. The van der Waals surface area contributed by atoms with E-state index in [1.54, 1.807) is 42.4 Å². The summed E-state index contributed by atoms with van der Waals surface area (Å²) in [4.78, 5) is 15.8. The molecule has 1 heterocycles. The van der Waals surface area contributed by atoms with E-state index >= 15 is 0 Å². The van der Waals surface area contributed by atoms with Crippen molar-refractivity contribution in [3.8, 4) is 5.75 Å². The van der Waals surface area contributed by atoms with E-state index in [0.29, 0.717) is 6.54 Å². The molecule has 1 aromatic carbocycles. The van der Waals surface area contributed by atoms with Gasteiger partial charge in [0.2, 0.25) is 5.91 Å². The van der Waals surface area contributed by atoms with Crippen LogP contribution in [0.15, 0.2) is 36.9 Å². The molecule has 100 valence electrons. The summed E-state index contributed by atoms with van der Waals surface area (Å²) in [6.07, 6.45) is 3.05. The lowest BCUT2D eigenvalue weighted by molar-refractivity contribution is -0.119. The predicted octanol–water partition coefficient (Wildman–Crippen LogP) is 1.56. The van der Waals surface area contributed by atoms with Crippen molar-refractivity contribution < 1.29 is 9.53 Å². The molecule has 0 saturated carbocycles. The first-order valence-corrected chi connectivity index (χ1v) is 5.96. The van der Waals surface area contributed by atoms with Crippen LogP contribution in [-0.4, -0.2) is 27.8 Å². The van der Waals surface area contributed by atoms with E-state index in [-0.39, 0.29) is 11.8 Å². The lowest BCUT2D eigenvalue weighted by Crippen LogP contribution is -2.24. The predicted molar refractivity (Wildman–Crippen MR) is 70.8 cm³/mol. The number of aromatic nitrogens is 3. The normalized spacial score (nSPS) is 11.9. The Bertz CT molecular complexity index is 522. The number of benzene rings is 1. The highest BCUT2D eigenvalue weighted by Gasteiger charge is 2.14. The molecule has 1 atom stereocenters. The van der Waals surface area contributed by atoms with E-state index in [4.69, 9.17) is 4.74 Å². The van der Waals surface area contributed by atoms with E-state index < -0.39 is 0 Å². The Morgan fingerprint density at radius 1 is 1.42 bits per heavy atom. The van der Waals surface area contributed by atoms with Gasteiger partial charge in [0.15, 0.2) is 0 Å². The number of methoxy groups -OCH3 is 1. The zero-order valence-corrected chi connectivity index (χ0v) is 10.9. The molecule has 2 rings (SSSR count). The van der Waals surface area contributed by atoms with E-state index in [1.807, 2.05) is 6.92 Å². The first kappa shape index (κ1) is 13.1. The highest BCUT2D eigenvalue weighted by molar-refractivity contribution is 5.92. The van der Waals surface area contributed by atoms with Crippen LogP contribution in [-0.2, 0) is 11.3 Å². The molecule has 0 aliphatic carbocycles. The van der Waals surface area contributed by atoms with Gasteiger partial charge in [-0.15, -0.1) is 0 Å². The molecule has 6 heteroatoms. The van der Waals surface area contributed by atoms with Gasteiger partial charge in [-0.25, -0.2) is 4.98 Å². The topological polar surface area (TPSA) is 69.0 Å². The number of hydrogen-bond donors (Lipinski definition) is 1. The fourth-order valence-electron chi connectivity index (χ4n) is 1.63. The Morgan fingerprint density at radius 2 is 2.16 bits per heavy atom. The van der Waals surface area contributed by atoms with Crippen molar-refractivity contribution in [3.63, 3.8) is 0 Å². The van der Waals surface area contributed by atoms with Crippen LogP contribution in [0.4, 0.5) is 5.69 Å². The average molecular weight is 260 g/mol. The maximum atomic E-state index is 12.0. The van der Waals surface area contributed by atoms with Crippen molar-refractivity contribution in [1.29, 1.82) is 0 Å². The summed E-state index contributed by atoms with van der Waals surface area (Å²) in [6.45, 7) is 2.35. The second-order valence-electron chi connectivity index (χ2n) is 4.24. The number of nitrogens with one attached hydrogen (secondary N) is 1. The molecule has 2 aromatic rings. The molecule has 19 heavy (non-hydrogen) atoms. The molecule has 0 bridgehead atoms. The molecule has 0 radical (unpaired) electrons. The van der Waals surface area contributed by atoms with Gasteiger partial charge < -0.3 is 10.1 Å². The van der Waals surface area contributed by atoms with E-state index in [9.17, 15) is 4.79 Å². The smallest absolute Gasteiger partial charge is 0.229 e. The average Bonchev–Trinajstić information content (AvgIpc) is 2.92. The summed E-state index contributed by atoms with van der Waals surface area (Å²) in [5, 5.41) is 6.83. The Labute approximate surface area is 111 Å². The SMILES string of the molecule is COc1ccc(NC(=O)[C@H](C)Cn2cncn2)cc1. The van der Waals surface area contributed by atoms with Crippen molar-refractivity contribution in [2.24, 2.45) is 5.92 Å². The van der Waals surface area contributed by atoms with Crippen LogP contribution in [0.3, 0.4) is 0 Å². The Hall–Kier alpha value is -2.37. The molecule has 0 aliphatic heterocycles. The van der Waals surface area contributed by atoms with Crippen molar-refractivity contribution in [2.45, 2.75) is 13.5 Å². The molecule has 1 amide bonds. The minimum Gasteiger partial charge on any atom is -0.497 e. The largest absolute Gasteiger partial charge is 0.497 e. The lowest BCUT2D eigenvalue weighted by atomic mass is 10.1. The van der Waals surface area contributed by atoms with Gasteiger partial charge >= 0.3 is 0 Å². The van der Waals surface area contributed by atoms with Crippen molar-refractivity contribution >= 4 is 11.6 Å². The third-order valence-corrected chi connectivity index (χ3v) is 2.73. The molecule has 0 spiro atoms. The summed E-state index contributed by atoms with van der Waals surface area (Å²) in [5.41, 5.74) is 0.747. The van der Waals surface area contributed by atoms with Gasteiger partial charge in [0.1, 0.15) is 18.4 Å². The van der Waals surface area contributed by atoms with Gasteiger partial charge in [-0.2, -0.15) is 5.10 Å². The van der Waals surface area contributed by atoms with Crippen molar-refractivity contribution in [2.75, 3.05) is 12.4 Å². The quantitative estimate of drug-likeness (QED) is 0.885. The summed E-state index contributed by atoms with van der Waals surface area (Å²) < 4.78 is 6.70. The van der Waals surface area contributed by atoms with Crippen LogP contribution in [0.1, 0.15) is 6.92 Å². The van der Waals surface area contributed by atoms with Crippen LogP contribution < -0.4 is 10.1 Å². The van der Waals surface area contributed by atoms with Gasteiger partial charge in [0.05, 0.1) is 19.6 Å². The molecule has 0 aliphatic rings. The van der Waals surface area contributed by atoms with Crippen LogP contribution in [0.5, 0.6) is 5.75 Å². The Balaban J connectivity index is 1.92. The number of nitrogens with zero attached hydrogens (tertiary/aromatic N) is 3. The summed E-state index contributed by atoms with van der Waals surface area (Å²) >= 11 is 0. The van der Waals surface area contributed by atoms with Crippen molar-refractivity contribution in [1.82, 2.24) is 14.8 Å². The second kappa shape index (κ2) is 5.99. The summed E-state index contributed by atoms with van der Waals surface area (Å²) in [6, 6.07) is 7.22. The number of anilines is 1. The number of carbonyl (C=O) groups excluding carboxylic acids is 1. The number of rotatable bonds is 5. The number of amides is 1. The molecule has 0 fully saturated rings. The monoisotopic (exact) mass is 260 g/mol. The summed E-state index contributed by atoms with van der Waals surface area (Å²) in [7, 11) is 1.60. The second-order valence-corrected chi connectivity index (χ2v) is 4.24. The minimum absolute atomic E-state index is 0.0549. The molecule has 0 unspecified atom stereocenters. The van der Waals surface area contributed by atoms with Crippen LogP contribution >= 0.6 is 0 Å². The number of hydrogen-bond acceptors (Lipinski definition) is 4. The molecular weight excluding hydrogens is 244 g/mol. The maximum absolute atomic E-state index is 12.0. The first-order valence-electron chi connectivity index (χ1n) is 5.96. The van der Waals surface area contributed by atoms with Gasteiger partial charge in [-0.3, -0.25) is 9.48 Å². The minimum atomic E-state index is -0.191. The third-order valence-electron chi connectivity index (χ3n) is 2.73. The third kappa shape index (κ3) is 3.54. The standard InChI is InChI=1S/C13H16N4O2/c1-10(7-17-9-14-8-15-17)13(18)16-11-3-5-12(19-2)6-4-11/h3-6,8-10H,7H2,1-2H3,(H,16,18)/t10-/m1/s1. The van der Waals surface area contributed by atoms with E-state index in [2.05, 4.69) is 15.4 Å². The highest BCUT2D eigenvalue weighted by Crippen LogP contribution is 2.15. The molecule has 1 N–H and O–H groups in total. The molecule has 6 nitrogen and oxygen atoms in total. The van der Waals surface area contributed by atoms with E-state index in [1.165, 1.54) is 6.33 Å².